The van der Waals surface area contributed by atoms with Crippen molar-refractivity contribution in [1.82, 2.24) is 5.32 Å². The summed E-state index contributed by atoms with van der Waals surface area (Å²) in [6.07, 6.45) is 1.25. The number of ketones is 1. The summed E-state index contributed by atoms with van der Waals surface area (Å²) in [5.74, 6) is -0.175. The van der Waals surface area contributed by atoms with Crippen LogP contribution in [0.2, 0.25) is 0 Å². The molecule has 0 unspecified atom stereocenters. The van der Waals surface area contributed by atoms with Crippen molar-refractivity contribution in [2.45, 2.75) is 39.5 Å². The molecule has 0 fully saturated rings. The summed E-state index contributed by atoms with van der Waals surface area (Å²) in [5, 5.41) is 22.7. The van der Waals surface area contributed by atoms with E-state index < -0.39 is 5.92 Å². The van der Waals surface area contributed by atoms with E-state index in [1.165, 1.54) is 0 Å². The number of nitrogens with one attached hydrogen (secondary N) is 1. The maximum absolute atomic E-state index is 12.8. The van der Waals surface area contributed by atoms with Crippen LogP contribution in [0, 0.1) is 16.7 Å². The number of phenolic OH excluding ortho intramolecular Hbond substituents is 1. The van der Waals surface area contributed by atoms with Crippen LogP contribution in [0.5, 0.6) is 5.75 Å². The van der Waals surface area contributed by atoms with Gasteiger partial charge in [0.05, 0.1) is 17.6 Å². The number of rotatable bonds is 1. The van der Waals surface area contributed by atoms with Crippen LogP contribution in [0.1, 0.15) is 45.1 Å². The lowest BCUT2D eigenvalue weighted by atomic mass is 9.69. The highest BCUT2D eigenvalue weighted by atomic mass is 16.3. The molecule has 1 aromatic carbocycles. The van der Waals surface area contributed by atoms with Crippen LogP contribution in [0.4, 0.5) is 0 Å². The summed E-state index contributed by atoms with van der Waals surface area (Å²) in [6, 6.07) is 9.08. The Morgan fingerprint density at radius 3 is 2.74 bits per heavy atom. The molecule has 1 aromatic rings. The second-order valence-electron chi connectivity index (χ2n) is 7.14. The Labute approximate surface area is 136 Å². The number of hydrogen-bond acceptors (Lipinski definition) is 4. The molecule has 0 aromatic heterocycles. The predicted octanol–water partition coefficient (Wildman–Crippen LogP) is 3.52. The average Bonchev–Trinajstić information content (AvgIpc) is 2.44. The van der Waals surface area contributed by atoms with Crippen molar-refractivity contribution in [2.24, 2.45) is 5.41 Å². The van der Waals surface area contributed by atoms with Gasteiger partial charge in [-0.1, -0.05) is 26.0 Å². The fraction of sp³-hybridized carbons (Fsp3) is 0.368. The Morgan fingerprint density at radius 1 is 1.35 bits per heavy atom. The Bertz CT molecular complexity index is 794. The molecule has 0 amide bonds. The van der Waals surface area contributed by atoms with E-state index in [1.54, 1.807) is 18.2 Å². The molecule has 0 spiro atoms. The van der Waals surface area contributed by atoms with Gasteiger partial charge in [0, 0.05) is 23.4 Å². The van der Waals surface area contributed by atoms with Gasteiger partial charge in [0.25, 0.3) is 0 Å². The van der Waals surface area contributed by atoms with Crippen molar-refractivity contribution in [2.75, 3.05) is 0 Å². The summed E-state index contributed by atoms with van der Waals surface area (Å²) in [7, 11) is 0. The third-order valence-electron chi connectivity index (χ3n) is 4.56. The number of dihydropyridines is 1. The molecule has 23 heavy (non-hydrogen) atoms. The number of carbonyl (C=O) groups is 1. The van der Waals surface area contributed by atoms with Crippen LogP contribution in [-0.4, -0.2) is 10.9 Å². The monoisotopic (exact) mass is 308 g/mol. The Balaban J connectivity index is 2.19. The molecule has 0 saturated heterocycles. The van der Waals surface area contributed by atoms with E-state index >= 15 is 0 Å². The van der Waals surface area contributed by atoms with Crippen LogP contribution >= 0.6 is 0 Å². The van der Waals surface area contributed by atoms with Gasteiger partial charge in [0.1, 0.15) is 5.75 Å². The normalized spacial score (nSPS) is 23.2. The van der Waals surface area contributed by atoms with Crippen molar-refractivity contribution in [3.05, 3.63) is 52.4 Å². The van der Waals surface area contributed by atoms with E-state index in [1.807, 2.05) is 13.0 Å². The van der Waals surface area contributed by atoms with Crippen molar-refractivity contribution < 1.29 is 9.90 Å². The fourth-order valence-corrected chi connectivity index (χ4v) is 3.62. The van der Waals surface area contributed by atoms with E-state index in [0.29, 0.717) is 17.6 Å². The van der Waals surface area contributed by atoms with Crippen LogP contribution < -0.4 is 5.32 Å². The summed E-state index contributed by atoms with van der Waals surface area (Å²) in [6.45, 7) is 6.03. The zero-order valence-corrected chi connectivity index (χ0v) is 13.6. The molecular weight excluding hydrogens is 288 g/mol. The zero-order valence-electron chi connectivity index (χ0n) is 13.6. The summed E-state index contributed by atoms with van der Waals surface area (Å²) < 4.78 is 0. The second-order valence-corrected chi connectivity index (χ2v) is 7.14. The van der Waals surface area contributed by atoms with Gasteiger partial charge in [-0.3, -0.25) is 4.79 Å². The number of nitriles is 1. The molecule has 0 saturated carbocycles. The Morgan fingerprint density at radius 2 is 2.09 bits per heavy atom. The summed E-state index contributed by atoms with van der Waals surface area (Å²) in [4.78, 5) is 12.8. The maximum atomic E-state index is 12.8. The zero-order chi connectivity index (χ0) is 16.8. The Kier molecular flexibility index (Phi) is 3.52. The van der Waals surface area contributed by atoms with Gasteiger partial charge in [-0.15, -0.1) is 0 Å². The van der Waals surface area contributed by atoms with Gasteiger partial charge in [-0.25, -0.2) is 0 Å². The number of Topliss-reactive ketones (excluding diaryl/α,β-unsaturated/α-hetero) is 1. The summed E-state index contributed by atoms with van der Waals surface area (Å²) >= 11 is 0. The molecule has 1 heterocycles. The fourth-order valence-electron chi connectivity index (χ4n) is 3.62. The molecule has 2 N–H and O–H groups in total. The molecule has 4 heteroatoms. The van der Waals surface area contributed by atoms with E-state index in [9.17, 15) is 15.2 Å². The van der Waals surface area contributed by atoms with Gasteiger partial charge in [0.2, 0.25) is 0 Å². The minimum absolute atomic E-state index is 0.0809. The van der Waals surface area contributed by atoms with Crippen LogP contribution in [-0.2, 0) is 4.79 Å². The highest BCUT2D eigenvalue weighted by Crippen LogP contribution is 2.46. The van der Waals surface area contributed by atoms with Crippen LogP contribution in [0.3, 0.4) is 0 Å². The number of carbonyl (C=O) groups excluding carboxylic acids is 1. The topological polar surface area (TPSA) is 73.1 Å². The second kappa shape index (κ2) is 5.27. The lowest BCUT2D eigenvalue weighted by Gasteiger charge is -2.38. The number of nitrogens with zero attached hydrogens (tertiary/aromatic N) is 1. The van der Waals surface area contributed by atoms with Gasteiger partial charge >= 0.3 is 0 Å². The van der Waals surface area contributed by atoms with E-state index in [-0.39, 0.29) is 16.9 Å². The molecule has 0 bridgehead atoms. The minimum atomic E-state index is -0.396. The largest absolute Gasteiger partial charge is 0.508 e. The molecule has 0 radical (unpaired) electrons. The molecule has 3 rings (SSSR count). The average molecular weight is 308 g/mol. The van der Waals surface area contributed by atoms with Crippen molar-refractivity contribution in [3.63, 3.8) is 0 Å². The molecule has 118 valence electrons. The first-order valence-corrected chi connectivity index (χ1v) is 7.75. The van der Waals surface area contributed by atoms with E-state index in [2.05, 4.69) is 25.2 Å². The van der Waals surface area contributed by atoms with Gasteiger partial charge in [-0.05, 0) is 36.5 Å². The summed E-state index contributed by atoms with van der Waals surface area (Å²) in [5.41, 5.74) is 3.61. The first-order chi connectivity index (χ1) is 10.8. The lowest BCUT2D eigenvalue weighted by Crippen LogP contribution is -2.36. The van der Waals surface area contributed by atoms with Gasteiger partial charge in [0.15, 0.2) is 5.78 Å². The van der Waals surface area contributed by atoms with Crippen molar-refractivity contribution in [3.8, 4) is 11.8 Å². The SMILES string of the molecule is CC1=C(C#N)[C@@H](c2cccc(O)c2)C2=C(CC(C)(C)CC2=O)N1. The Hall–Kier alpha value is -2.54. The third kappa shape index (κ3) is 2.63. The molecule has 1 aliphatic heterocycles. The van der Waals surface area contributed by atoms with Crippen molar-refractivity contribution in [1.29, 1.82) is 5.26 Å². The number of benzene rings is 1. The number of allylic oxidation sites excluding steroid dienone is 4. The predicted molar refractivity (Wildman–Crippen MR) is 87.3 cm³/mol. The smallest absolute Gasteiger partial charge is 0.162 e. The first kappa shape index (κ1) is 15.4. The minimum Gasteiger partial charge on any atom is -0.508 e. The molecular formula is C19H20N2O2. The van der Waals surface area contributed by atoms with Crippen LogP contribution in [0.25, 0.3) is 0 Å². The molecule has 4 nitrogen and oxygen atoms in total. The quantitative estimate of drug-likeness (QED) is 0.832. The molecule has 2 aliphatic rings. The van der Waals surface area contributed by atoms with Gasteiger partial charge < -0.3 is 10.4 Å². The first-order valence-electron chi connectivity index (χ1n) is 7.75. The molecule has 1 aliphatic carbocycles. The van der Waals surface area contributed by atoms with E-state index in [0.717, 1.165) is 23.4 Å². The number of phenols is 1. The standard InChI is InChI=1S/C19H20N2O2/c1-11-14(10-20)17(12-5-4-6-13(22)7-12)18-15(21-11)8-19(2,3)9-16(18)23/h4-7,17,21-22H,8-9H2,1-3H3/t17-/m1/s1. The van der Waals surface area contributed by atoms with Crippen LogP contribution in [0.15, 0.2) is 46.8 Å². The highest BCUT2D eigenvalue weighted by Gasteiger charge is 2.41. The van der Waals surface area contributed by atoms with Crippen molar-refractivity contribution >= 4 is 5.78 Å². The van der Waals surface area contributed by atoms with Gasteiger partial charge in [-0.2, -0.15) is 5.26 Å². The number of aromatic hydroxyl groups is 1. The maximum Gasteiger partial charge on any atom is 0.162 e. The number of hydrogen-bond donors (Lipinski definition) is 2. The van der Waals surface area contributed by atoms with E-state index in [4.69, 9.17) is 0 Å². The third-order valence-corrected chi connectivity index (χ3v) is 4.56. The molecule has 1 atom stereocenters. The highest BCUT2D eigenvalue weighted by molar-refractivity contribution is 6.00. The lowest BCUT2D eigenvalue weighted by molar-refractivity contribution is -0.118.